The molecule has 1 aliphatic rings. The van der Waals surface area contributed by atoms with Gasteiger partial charge in [0.1, 0.15) is 5.75 Å². The Morgan fingerprint density at radius 2 is 2.00 bits per heavy atom. The van der Waals surface area contributed by atoms with Crippen LogP contribution in [0.2, 0.25) is 5.02 Å². The van der Waals surface area contributed by atoms with E-state index in [-0.39, 0.29) is 22.3 Å². The van der Waals surface area contributed by atoms with Gasteiger partial charge in [-0.3, -0.25) is 10.1 Å². The number of hydrogen-bond donors (Lipinski definition) is 0. The fourth-order valence-electron chi connectivity index (χ4n) is 2.35. The van der Waals surface area contributed by atoms with Gasteiger partial charge in [0.15, 0.2) is 5.70 Å². The van der Waals surface area contributed by atoms with Crippen molar-refractivity contribution in [3.63, 3.8) is 0 Å². The third-order valence-corrected chi connectivity index (χ3v) is 3.98. The molecule has 0 N–H and O–H groups in total. The molecule has 1 heterocycles. The van der Waals surface area contributed by atoms with Crippen LogP contribution in [-0.2, 0) is 9.53 Å². The monoisotopic (exact) mass is 386 g/mol. The van der Waals surface area contributed by atoms with E-state index in [0.717, 1.165) is 17.7 Å². The van der Waals surface area contributed by atoms with Crippen molar-refractivity contribution >= 4 is 35.2 Å². The quantitative estimate of drug-likeness (QED) is 0.318. The SMILES string of the molecule is CCCOc1ccc(/C=C2\N=C(c3ccc([N+](=O)[O-])cc3Cl)OC2=O)cc1. The van der Waals surface area contributed by atoms with Gasteiger partial charge >= 0.3 is 5.97 Å². The number of carbonyl (C=O) groups is 1. The molecule has 8 heteroatoms. The number of hydrogen-bond acceptors (Lipinski definition) is 6. The molecule has 1 aliphatic heterocycles. The summed E-state index contributed by atoms with van der Waals surface area (Å²) in [6, 6.07) is 11.1. The van der Waals surface area contributed by atoms with E-state index >= 15 is 0 Å². The Morgan fingerprint density at radius 1 is 1.26 bits per heavy atom. The van der Waals surface area contributed by atoms with Crippen molar-refractivity contribution in [1.29, 1.82) is 0 Å². The molecule has 27 heavy (non-hydrogen) atoms. The minimum atomic E-state index is -0.620. The first-order chi connectivity index (χ1) is 13.0. The van der Waals surface area contributed by atoms with E-state index in [1.54, 1.807) is 30.3 Å². The molecule has 0 aromatic heterocycles. The number of halogens is 1. The molecule has 0 unspecified atom stereocenters. The minimum Gasteiger partial charge on any atom is -0.494 e. The molecule has 7 nitrogen and oxygen atoms in total. The number of nitrogens with zero attached hydrogens (tertiary/aromatic N) is 2. The highest BCUT2D eigenvalue weighted by atomic mass is 35.5. The fraction of sp³-hybridized carbons (Fsp3) is 0.158. The summed E-state index contributed by atoms with van der Waals surface area (Å²) in [5.74, 6) is 0.134. The van der Waals surface area contributed by atoms with Crippen molar-refractivity contribution in [2.24, 2.45) is 4.99 Å². The molecule has 2 aromatic rings. The second-order valence-corrected chi connectivity index (χ2v) is 6.08. The van der Waals surface area contributed by atoms with Gasteiger partial charge in [0.2, 0.25) is 5.90 Å². The van der Waals surface area contributed by atoms with Gasteiger partial charge in [-0.25, -0.2) is 9.79 Å². The van der Waals surface area contributed by atoms with E-state index in [9.17, 15) is 14.9 Å². The van der Waals surface area contributed by atoms with Crippen molar-refractivity contribution in [1.82, 2.24) is 0 Å². The van der Waals surface area contributed by atoms with Gasteiger partial charge in [-0.1, -0.05) is 30.7 Å². The van der Waals surface area contributed by atoms with Crippen LogP contribution in [0.1, 0.15) is 24.5 Å². The highest BCUT2D eigenvalue weighted by molar-refractivity contribution is 6.34. The van der Waals surface area contributed by atoms with Crippen molar-refractivity contribution in [2.75, 3.05) is 6.61 Å². The van der Waals surface area contributed by atoms with Gasteiger partial charge in [0.05, 0.1) is 22.1 Å². The largest absolute Gasteiger partial charge is 0.494 e. The van der Waals surface area contributed by atoms with Crippen LogP contribution >= 0.6 is 11.6 Å². The first kappa shape index (κ1) is 18.6. The maximum Gasteiger partial charge on any atom is 0.363 e. The number of cyclic esters (lactones) is 1. The third-order valence-electron chi connectivity index (χ3n) is 3.67. The molecule has 0 fully saturated rings. The van der Waals surface area contributed by atoms with Gasteiger partial charge in [-0.05, 0) is 36.3 Å². The number of nitro benzene ring substituents is 1. The van der Waals surface area contributed by atoms with Gasteiger partial charge in [0, 0.05) is 12.1 Å². The van der Waals surface area contributed by atoms with E-state index in [2.05, 4.69) is 4.99 Å². The normalized spacial score (nSPS) is 14.8. The van der Waals surface area contributed by atoms with Crippen LogP contribution in [0.15, 0.2) is 53.2 Å². The van der Waals surface area contributed by atoms with E-state index in [1.165, 1.54) is 18.2 Å². The number of ether oxygens (including phenoxy) is 2. The van der Waals surface area contributed by atoms with Gasteiger partial charge < -0.3 is 9.47 Å². The Labute approximate surface area is 160 Å². The van der Waals surface area contributed by atoms with Crippen LogP contribution in [0.4, 0.5) is 5.69 Å². The van der Waals surface area contributed by atoms with Crippen molar-refractivity contribution < 1.29 is 19.2 Å². The average Bonchev–Trinajstić information content (AvgIpc) is 3.01. The molecule has 0 spiro atoms. The summed E-state index contributed by atoms with van der Waals surface area (Å²) in [6.07, 6.45) is 2.50. The van der Waals surface area contributed by atoms with E-state index in [1.807, 2.05) is 6.92 Å². The zero-order chi connectivity index (χ0) is 19.4. The van der Waals surface area contributed by atoms with Crippen LogP contribution in [0.25, 0.3) is 6.08 Å². The first-order valence-electron chi connectivity index (χ1n) is 8.17. The fourth-order valence-corrected chi connectivity index (χ4v) is 2.61. The average molecular weight is 387 g/mol. The highest BCUT2D eigenvalue weighted by Gasteiger charge is 2.26. The Hall–Kier alpha value is -3.19. The number of aliphatic imine (C=N–C) groups is 1. The predicted molar refractivity (Wildman–Crippen MR) is 101 cm³/mol. The summed E-state index contributed by atoms with van der Waals surface area (Å²) in [4.78, 5) is 26.5. The summed E-state index contributed by atoms with van der Waals surface area (Å²) in [5, 5.41) is 10.9. The molecule has 3 rings (SSSR count). The highest BCUT2D eigenvalue weighted by Crippen LogP contribution is 2.27. The van der Waals surface area contributed by atoms with Crippen molar-refractivity contribution in [2.45, 2.75) is 13.3 Å². The Balaban J connectivity index is 1.83. The smallest absolute Gasteiger partial charge is 0.363 e. The second kappa shape index (κ2) is 8.01. The molecule has 2 aromatic carbocycles. The zero-order valence-corrected chi connectivity index (χ0v) is 15.1. The number of nitro groups is 1. The lowest BCUT2D eigenvalue weighted by Crippen LogP contribution is -2.06. The van der Waals surface area contributed by atoms with Gasteiger partial charge in [0.25, 0.3) is 5.69 Å². The van der Waals surface area contributed by atoms with Gasteiger partial charge in [-0.15, -0.1) is 0 Å². The van der Waals surface area contributed by atoms with E-state index in [0.29, 0.717) is 12.2 Å². The summed E-state index contributed by atoms with van der Waals surface area (Å²) < 4.78 is 10.7. The molecule has 0 saturated heterocycles. The lowest BCUT2D eigenvalue weighted by Gasteiger charge is -2.04. The van der Waals surface area contributed by atoms with Crippen molar-refractivity contribution in [3.05, 3.63) is 74.4 Å². The Kier molecular flexibility index (Phi) is 5.52. The van der Waals surface area contributed by atoms with E-state index in [4.69, 9.17) is 21.1 Å². The van der Waals surface area contributed by atoms with Crippen LogP contribution in [0.5, 0.6) is 5.75 Å². The summed E-state index contributed by atoms with van der Waals surface area (Å²) >= 11 is 6.06. The van der Waals surface area contributed by atoms with E-state index < -0.39 is 10.9 Å². The molecule has 0 bridgehead atoms. The lowest BCUT2D eigenvalue weighted by atomic mass is 10.2. The molecule has 0 radical (unpaired) electrons. The molecule has 0 amide bonds. The van der Waals surface area contributed by atoms with Crippen molar-refractivity contribution in [3.8, 4) is 5.75 Å². The maximum atomic E-state index is 12.1. The summed E-state index contributed by atoms with van der Waals surface area (Å²) in [5.41, 5.74) is 1.02. The number of non-ortho nitro benzene ring substituents is 1. The second-order valence-electron chi connectivity index (χ2n) is 5.67. The Bertz CT molecular complexity index is 951. The standard InChI is InChI=1S/C19H15ClN2O5/c1-2-9-26-14-6-3-12(4-7-14)10-17-19(23)27-18(21-17)15-8-5-13(22(24)25)11-16(15)20/h3-8,10-11H,2,9H2,1H3/b17-10-. The number of rotatable bonds is 6. The Morgan fingerprint density at radius 3 is 2.63 bits per heavy atom. The molecule has 138 valence electrons. The lowest BCUT2D eigenvalue weighted by molar-refractivity contribution is -0.384. The zero-order valence-electron chi connectivity index (χ0n) is 14.3. The molecule has 0 atom stereocenters. The predicted octanol–water partition coefficient (Wildman–Crippen LogP) is 4.38. The maximum absolute atomic E-state index is 12.1. The number of carbonyl (C=O) groups excluding carboxylic acids is 1. The molecule has 0 saturated carbocycles. The topological polar surface area (TPSA) is 91.0 Å². The summed E-state index contributed by atoms with van der Waals surface area (Å²) in [7, 11) is 0. The van der Waals surface area contributed by atoms with Crippen LogP contribution < -0.4 is 4.74 Å². The number of benzene rings is 2. The molecular formula is C19H15ClN2O5. The third kappa shape index (κ3) is 4.32. The van der Waals surface area contributed by atoms with Crippen LogP contribution in [0.3, 0.4) is 0 Å². The first-order valence-corrected chi connectivity index (χ1v) is 8.55. The number of esters is 1. The summed E-state index contributed by atoms with van der Waals surface area (Å²) in [6.45, 7) is 2.66. The molecule has 0 aliphatic carbocycles. The van der Waals surface area contributed by atoms with Crippen LogP contribution in [-0.4, -0.2) is 23.4 Å². The van der Waals surface area contributed by atoms with Crippen LogP contribution in [0, 0.1) is 10.1 Å². The minimum absolute atomic E-state index is 0.00838. The van der Waals surface area contributed by atoms with Gasteiger partial charge in [-0.2, -0.15) is 0 Å². The molecular weight excluding hydrogens is 372 g/mol.